The topological polar surface area (TPSA) is 49.3 Å². The predicted molar refractivity (Wildman–Crippen MR) is 49.2 cm³/mol. The van der Waals surface area contributed by atoms with E-state index in [-0.39, 0.29) is 12.5 Å². The van der Waals surface area contributed by atoms with E-state index in [1.165, 1.54) is 0 Å². The van der Waals surface area contributed by atoms with Crippen molar-refractivity contribution >= 4 is 5.97 Å². The van der Waals surface area contributed by atoms with Crippen molar-refractivity contribution < 1.29 is 23.1 Å². The quantitative estimate of drug-likeness (QED) is 0.728. The first-order valence-corrected chi connectivity index (χ1v) is 4.52. The average Bonchev–Trinajstić information content (AvgIpc) is 2.10. The Morgan fingerprint density at radius 1 is 1.33 bits per heavy atom. The number of carbonyl (C=O) groups is 1. The molecule has 0 saturated carbocycles. The molecule has 0 amide bonds. The molecule has 0 spiro atoms. The van der Waals surface area contributed by atoms with Gasteiger partial charge in [0, 0.05) is 13.0 Å². The van der Waals surface area contributed by atoms with E-state index >= 15 is 0 Å². The molecular formula is C9H14F3NO2. The summed E-state index contributed by atoms with van der Waals surface area (Å²) in [5.41, 5.74) is 0. The van der Waals surface area contributed by atoms with Gasteiger partial charge in [0.25, 0.3) is 0 Å². The molecule has 6 heteroatoms. The van der Waals surface area contributed by atoms with Crippen LogP contribution in [0.15, 0.2) is 11.9 Å². The van der Waals surface area contributed by atoms with E-state index in [0.29, 0.717) is 0 Å². The lowest BCUT2D eigenvalue weighted by molar-refractivity contribution is -0.140. The van der Waals surface area contributed by atoms with Crippen LogP contribution in [-0.2, 0) is 4.79 Å². The summed E-state index contributed by atoms with van der Waals surface area (Å²) in [6, 6.07) is -0.847. The molecule has 0 aliphatic carbocycles. The standard InChI is InChI=1S/C9H14F3NO2/c1-5(2)7(9(14)15)13-4-3-6(10)8(11)12/h5,7,13H,3-4H2,1-2H3,(H,14,15)/t7-/m0/s1. The van der Waals surface area contributed by atoms with Crippen LogP contribution in [0.3, 0.4) is 0 Å². The van der Waals surface area contributed by atoms with Crippen LogP contribution in [0.25, 0.3) is 0 Å². The third-order valence-electron chi connectivity index (χ3n) is 1.85. The van der Waals surface area contributed by atoms with Gasteiger partial charge in [0.1, 0.15) is 6.04 Å². The van der Waals surface area contributed by atoms with Crippen LogP contribution in [0.5, 0.6) is 0 Å². The first kappa shape index (κ1) is 14.0. The van der Waals surface area contributed by atoms with Crippen molar-refractivity contribution in [1.29, 1.82) is 0 Å². The monoisotopic (exact) mass is 225 g/mol. The molecule has 0 aromatic carbocycles. The summed E-state index contributed by atoms with van der Waals surface area (Å²) in [4.78, 5) is 10.6. The first-order chi connectivity index (χ1) is 6.86. The highest BCUT2D eigenvalue weighted by atomic mass is 19.3. The van der Waals surface area contributed by atoms with Crippen molar-refractivity contribution in [2.45, 2.75) is 26.3 Å². The van der Waals surface area contributed by atoms with Crippen molar-refractivity contribution in [3.05, 3.63) is 11.9 Å². The van der Waals surface area contributed by atoms with Crippen molar-refractivity contribution in [3.63, 3.8) is 0 Å². The van der Waals surface area contributed by atoms with Gasteiger partial charge in [0.05, 0.1) is 0 Å². The molecule has 0 fully saturated rings. The lowest BCUT2D eigenvalue weighted by Gasteiger charge is -2.17. The highest BCUT2D eigenvalue weighted by Crippen LogP contribution is 2.12. The Morgan fingerprint density at radius 2 is 1.87 bits per heavy atom. The SMILES string of the molecule is CC(C)[C@H](NCCC(F)=C(F)F)C(=O)O. The lowest BCUT2D eigenvalue weighted by atomic mass is 10.0. The fourth-order valence-corrected chi connectivity index (χ4v) is 1.04. The summed E-state index contributed by atoms with van der Waals surface area (Å²) in [5.74, 6) is -2.77. The van der Waals surface area contributed by atoms with Gasteiger partial charge in [-0.05, 0) is 5.92 Å². The summed E-state index contributed by atoms with van der Waals surface area (Å²) >= 11 is 0. The van der Waals surface area contributed by atoms with Gasteiger partial charge >= 0.3 is 12.0 Å². The van der Waals surface area contributed by atoms with E-state index in [1.807, 2.05) is 0 Å². The van der Waals surface area contributed by atoms with Gasteiger partial charge < -0.3 is 10.4 Å². The van der Waals surface area contributed by atoms with E-state index in [9.17, 15) is 18.0 Å². The number of aliphatic carboxylic acids is 1. The summed E-state index contributed by atoms with van der Waals surface area (Å²) in [6.07, 6.45) is -2.85. The van der Waals surface area contributed by atoms with Crippen LogP contribution in [0, 0.1) is 5.92 Å². The van der Waals surface area contributed by atoms with Crippen molar-refractivity contribution in [2.75, 3.05) is 6.54 Å². The molecule has 15 heavy (non-hydrogen) atoms. The number of hydrogen-bond donors (Lipinski definition) is 2. The fraction of sp³-hybridized carbons (Fsp3) is 0.667. The Hall–Kier alpha value is -1.04. The Balaban J connectivity index is 4.03. The number of carboxylic acid groups (broad SMARTS) is 1. The minimum atomic E-state index is -2.35. The normalized spacial score (nSPS) is 12.7. The average molecular weight is 225 g/mol. The second-order valence-electron chi connectivity index (χ2n) is 3.43. The zero-order chi connectivity index (χ0) is 12.0. The molecule has 0 aliphatic heterocycles. The second-order valence-corrected chi connectivity index (χ2v) is 3.43. The number of nitrogens with one attached hydrogen (secondary N) is 1. The van der Waals surface area contributed by atoms with Gasteiger partial charge in [-0.15, -0.1) is 0 Å². The van der Waals surface area contributed by atoms with Gasteiger partial charge in [-0.25, -0.2) is 4.39 Å². The van der Waals surface area contributed by atoms with Gasteiger partial charge in [-0.3, -0.25) is 4.79 Å². The first-order valence-electron chi connectivity index (χ1n) is 4.52. The smallest absolute Gasteiger partial charge is 0.320 e. The highest BCUT2D eigenvalue weighted by molar-refractivity contribution is 5.73. The van der Waals surface area contributed by atoms with Crippen LogP contribution in [-0.4, -0.2) is 23.7 Å². The van der Waals surface area contributed by atoms with Gasteiger partial charge in [-0.1, -0.05) is 13.8 Å². The van der Waals surface area contributed by atoms with Crippen LogP contribution in [0.1, 0.15) is 20.3 Å². The van der Waals surface area contributed by atoms with Gasteiger partial charge in [0.2, 0.25) is 0 Å². The summed E-state index contributed by atoms with van der Waals surface area (Å²) in [6.45, 7) is 3.22. The van der Waals surface area contributed by atoms with Crippen molar-refractivity contribution in [1.82, 2.24) is 5.32 Å². The fourth-order valence-electron chi connectivity index (χ4n) is 1.04. The molecule has 0 bridgehead atoms. The molecule has 0 aliphatic rings. The highest BCUT2D eigenvalue weighted by Gasteiger charge is 2.20. The summed E-state index contributed by atoms with van der Waals surface area (Å²) in [5, 5.41) is 11.2. The minimum Gasteiger partial charge on any atom is -0.480 e. The van der Waals surface area contributed by atoms with Crippen LogP contribution in [0.4, 0.5) is 13.2 Å². The van der Waals surface area contributed by atoms with E-state index in [0.717, 1.165) is 0 Å². The summed E-state index contributed by atoms with van der Waals surface area (Å²) < 4.78 is 35.6. The molecular weight excluding hydrogens is 211 g/mol. The Labute approximate surface area is 86.0 Å². The lowest BCUT2D eigenvalue weighted by Crippen LogP contribution is -2.41. The van der Waals surface area contributed by atoms with Crippen LogP contribution >= 0.6 is 0 Å². The Kier molecular flexibility index (Phi) is 6.00. The predicted octanol–water partition coefficient (Wildman–Crippen LogP) is 2.15. The number of halogens is 3. The number of carboxylic acids is 1. The number of hydrogen-bond acceptors (Lipinski definition) is 2. The van der Waals surface area contributed by atoms with E-state index in [4.69, 9.17) is 5.11 Å². The Bertz CT molecular complexity index is 250. The molecule has 0 rings (SSSR count). The van der Waals surface area contributed by atoms with E-state index in [1.54, 1.807) is 13.8 Å². The van der Waals surface area contributed by atoms with Crippen molar-refractivity contribution in [3.8, 4) is 0 Å². The molecule has 1 atom stereocenters. The minimum absolute atomic E-state index is 0.127. The molecule has 0 aromatic rings. The van der Waals surface area contributed by atoms with Crippen LogP contribution < -0.4 is 5.32 Å². The van der Waals surface area contributed by atoms with Crippen LogP contribution in [0.2, 0.25) is 0 Å². The molecule has 0 heterocycles. The third-order valence-corrected chi connectivity index (χ3v) is 1.85. The zero-order valence-electron chi connectivity index (χ0n) is 8.56. The third kappa shape index (κ3) is 5.41. The molecule has 88 valence electrons. The maximum absolute atomic E-state index is 12.3. The van der Waals surface area contributed by atoms with Gasteiger partial charge in [-0.2, -0.15) is 8.78 Å². The van der Waals surface area contributed by atoms with E-state index in [2.05, 4.69) is 5.32 Å². The van der Waals surface area contributed by atoms with E-state index < -0.39 is 30.3 Å². The number of rotatable bonds is 6. The van der Waals surface area contributed by atoms with Crippen molar-refractivity contribution in [2.24, 2.45) is 5.92 Å². The maximum Gasteiger partial charge on any atom is 0.320 e. The largest absolute Gasteiger partial charge is 0.480 e. The summed E-state index contributed by atoms with van der Waals surface area (Å²) in [7, 11) is 0. The zero-order valence-corrected chi connectivity index (χ0v) is 8.56. The molecule has 0 radical (unpaired) electrons. The molecule has 0 unspecified atom stereocenters. The van der Waals surface area contributed by atoms with Gasteiger partial charge in [0.15, 0.2) is 5.83 Å². The Morgan fingerprint density at radius 3 is 2.20 bits per heavy atom. The maximum atomic E-state index is 12.3. The molecule has 2 N–H and O–H groups in total. The molecule has 0 saturated heterocycles. The molecule has 3 nitrogen and oxygen atoms in total. The second kappa shape index (κ2) is 6.44. The molecule has 0 aromatic heterocycles.